The molecule has 1 N–H and O–H groups in total. The van der Waals surface area contributed by atoms with Gasteiger partial charge in [0.25, 0.3) is 0 Å². The molecule has 0 amide bonds. The first kappa shape index (κ1) is 18.3. The Balaban J connectivity index is 2.89. The summed E-state index contributed by atoms with van der Waals surface area (Å²) in [6, 6.07) is 3.18. The lowest BCUT2D eigenvalue weighted by atomic mass is 10.0. The lowest BCUT2D eigenvalue weighted by Gasteiger charge is -2.14. The summed E-state index contributed by atoms with van der Waals surface area (Å²) in [5.74, 6) is 0.801. The number of hydrogen-bond donors (Lipinski definition) is 1. The highest BCUT2D eigenvalue weighted by atomic mass is 16.5. The van der Waals surface area contributed by atoms with Crippen LogP contribution in [0.15, 0.2) is 12.1 Å². The molecule has 0 spiro atoms. The summed E-state index contributed by atoms with van der Waals surface area (Å²) in [5.41, 5.74) is 0.279. The van der Waals surface area contributed by atoms with E-state index in [1.165, 1.54) is 18.9 Å². The van der Waals surface area contributed by atoms with Gasteiger partial charge in [0, 0.05) is 18.6 Å². The van der Waals surface area contributed by atoms with Crippen LogP contribution in [-0.2, 0) is 0 Å². The first-order valence-electron chi connectivity index (χ1n) is 8.29. The molecule has 0 heterocycles. The summed E-state index contributed by atoms with van der Waals surface area (Å²) in [6.45, 7) is 7.01. The number of ketones is 1. The quantitative estimate of drug-likeness (QED) is 0.474. The van der Waals surface area contributed by atoms with Gasteiger partial charge in [0.05, 0.1) is 13.2 Å². The molecule has 0 saturated carbocycles. The first-order chi connectivity index (χ1) is 10.6. The van der Waals surface area contributed by atoms with Gasteiger partial charge in [-0.05, 0) is 19.8 Å². The second kappa shape index (κ2) is 10.1. The second-order valence-corrected chi connectivity index (χ2v) is 5.33. The maximum atomic E-state index is 12.2. The smallest absolute Gasteiger partial charge is 0.170 e. The second-order valence-electron chi connectivity index (χ2n) is 5.33. The molecule has 0 fully saturated rings. The molecule has 0 atom stereocenters. The van der Waals surface area contributed by atoms with E-state index in [9.17, 15) is 9.90 Å². The number of hydrogen-bond acceptors (Lipinski definition) is 4. The van der Waals surface area contributed by atoms with Crippen LogP contribution in [0.3, 0.4) is 0 Å². The molecule has 22 heavy (non-hydrogen) atoms. The zero-order valence-corrected chi connectivity index (χ0v) is 14.0. The normalized spacial score (nSPS) is 10.5. The van der Waals surface area contributed by atoms with Crippen molar-refractivity contribution >= 4 is 5.78 Å². The van der Waals surface area contributed by atoms with Crippen molar-refractivity contribution in [3.63, 3.8) is 0 Å². The minimum Gasteiger partial charge on any atom is -0.507 e. The Bertz CT molecular complexity index is 468. The van der Waals surface area contributed by atoms with Crippen molar-refractivity contribution in [1.82, 2.24) is 0 Å². The molecule has 4 heteroatoms. The molecule has 1 rings (SSSR count). The topological polar surface area (TPSA) is 55.8 Å². The summed E-state index contributed by atoms with van der Waals surface area (Å²) in [6.07, 6.45) is 5.52. The third-order valence-electron chi connectivity index (χ3n) is 3.38. The van der Waals surface area contributed by atoms with Crippen molar-refractivity contribution in [2.75, 3.05) is 13.2 Å². The number of carbonyl (C=O) groups excluding carboxylic acids is 1. The molecule has 0 saturated heterocycles. The van der Waals surface area contributed by atoms with Gasteiger partial charge in [-0.2, -0.15) is 0 Å². The molecule has 0 aromatic heterocycles. The Morgan fingerprint density at radius 1 is 1.05 bits per heavy atom. The zero-order valence-electron chi connectivity index (χ0n) is 14.0. The number of Topliss-reactive ketones (excluding diaryl/α,β-unsaturated/α-hetero) is 1. The number of carbonyl (C=O) groups is 1. The van der Waals surface area contributed by atoms with Gasteiger partial charge in [0.2, 0.25) is 0 Å². The molecule has 0 radical (unpaired) electrons. The lowest BCUT2D eigenvalue weighted by Crippen LogP contribution is -2.06. The van der Waals surface area contributed by atoms with Gasteiger partial charge in [-0.25, -0.2) is 0 Å². The van der Waals surface area contributed by atoms with Crippen LogP contribution in [0.2, 0.25) is 0 Å². The minimum absolute atomic E-state index is 0.0621. The van der Waals surface area contributed by atoms with Crippen molar-refractivity contribution in [3.8, 4) is 17.2 Å². The van der Waals surface area contributed by atoms with Crippen LogP contribution >= 0.6 is 0 Å². The highest BCUT2D eigenvalue weighted by Gasteiger charge is 2.19. The SMILES string of the molecule is CCCCCCOc1cc(OCC)cc(O)c1C(=O)CCC. The Morgan fingerprint density at radius 3 is 2.45 bits per heavy atom. The number of benzene rings is 1. The van der Waals surface area contributed by atoms with Gasteiger partial charge < -0.3 is 14.6 Å². The molecule has 0 bridgehead atoms. The van der Waals surface area contributed by atoms with Gasteiger partial charge in [0.15, 0.2) is 5.78 Å². The van der Waals surface area contributed by atoms with E-state index in [-0.39, 0.29) is 17.1 Å². The lowest BCUT2D eigenvalue weighted by molar-refractivity contribution is 0.0974. The molecule has 1 aromatic rings. The standard InChI is InChI=1S/C18H28O4/c1-4-7-8-9-11-22-17-13-14(21-6-3)12-16(20)18(17)15(19)10-5-2/h12-13,20H,4-11H2,1-3H3. The van der Waals surface area contributed by atoms with Crippen LogP contribution in [0.5, 0.6) is 17.2 Å². The highest BCUT2D eigenvalue weighted by Crippen LogP contribution is 2.35. The third-order valence-corrected chi connectivity index (χ3v) is 3.38. The van der Waals surface area contributed by atoms with Crippen LogP contribution in [0.4, 0.5) is 0 Å². The molecular formula is C18H28O4. The minimum atomic E-state index is -0.0911. The van der Waals surface area contributed by atoms with E-state index in [1.54, 1.807) is 6.07 Å². The number of aromatic hydroxyl groups is 1. The van der Waals surface area contributed by atoms with E-state index in [1.807, 2.05) is 13.8 Å². The first-order valence-corrected chi connectivity index (χ1v) is 8.29. The third kappa shape index (κ3) is 5.58. The fourth-order valence-electron chi connectivity index (χ4n) is 2.28. The molecule has 124 valence electrons. The number of rotatable bonds is 11. The maximum Gasteiger partial charge on any atom is 0.170 e. The molecule has 0 aliphatic heterocycles. The summed E-state index contributed by atoms with van der Waals surface area (Å²) < 4.78 is 11.2. The average molecular weight is 308 g/mol. The average Bonchev–Trinajstić information content (AvgIpc) is 2.47. The van der Waals surface area contributed by atoms with Crippen molar-refractivity contribution < 1.29 is 19.4 Å². The number of unbranched alkanes of at least 4 members (excludes halogenated alkanes) is 3. The Morgan fingerprint density at radius 2 is 1.82 bits per heavy atom. The fraction of sp³-hybridized carbons (Fsp3) is 0.611. The Hall–Kier alpha value is -1.71. The summed E-state index contributed by atoms with van der Waals surface area (Å²) >= 11 is 0. The molecule has 4 nitrogen and oxygen atoms in total. The summed E-state index contributed by atoms with van der Waals surface area (Å²) in [4.78, 5) is 12.2. The van der Waals surface area contributed by atoms with Gasteiger partial charge in [-0.1, -0.05) is 33.1 Å². The maximum absolute atomic E-state index is 12.2. The highest BCUT2D eigenvalue weighted by molar-refractivity contribution is 6.01. The fourth-order valence-corrected chi connectivity index (χ4v) is 2.28. The van der Waals surface area contributed by atoms with E-state index >= 15 is 0 Å². The Labute approximate surface area is 133 Å². The van der Waals surface area contributed by atoms with Crippen molar-refractivity contribution in [3.05, 3.63) is 17.7 Å². The Kier molecular flexibility index (Phi) is 8.41. The molecule has 1 aromatic carbocycles. The molecule has 0 aliphatic rings. The van der Waals surface area contributed by atoms with Crippen LogP contribution in [0, 0.1) is 0 Å². The van der Waals surface area contributed by atoms with E-state index in [0.29, 0.717) is 31.1 Å². The van der Waals surface area contributed by atoms with Crippen molar-refractivity contribution in [1.29, 1.82) is 0 Å². The van der Waals surface area contributed by atoms with Gasteiger partial charge in [0.1, 0.15) is 22.8 Å². The van der Waals surface area contributed by atoms with E-state index in [0.717, 1.165) is 19.3 Å². The predicted molar refractivity (Wildman–Crippen MR) is 88.2 cm³/mol. The van der Waals surface area contributed by atoms with Crippen LogP contribution in [0.1, 0.15) is 69.7 Å². The monoisotopic (exact) mass is 308 g/mol. The molecule has 0 unspecified atom stereocenters. The van der Waals surface area contributed by atoms with Crippen LogP contribution < -0.4 is 9.47 Å². The summed E-state index contributed by atoms with van der Waals surface area (Å²) in [5, 5.41) is 10.2. The number of phenolic OH excluding ortho intramolecular Hbond substituents is 1. The van der Waals surface area contributed by atoms with E-state index in [2.05, 4.69) is 6.92 Å². The van der Waals surface area contributed by atoms with Gasteiger partial charge in [-0.3, -0.25) is 4.79 Å². The van der Waals surface area contributed by atoms with E-state index < -0.39 is 0 Å². The zero-order chi connectivity index (χ0) is 16.4. The van der Waals surface area contributed by atoms with Gasteiger partial charge >= 0.3 is 0 Å². The van der Waals surface area contributed by atoms with Crippen molar-refractivity contribution in [2.24, 2.45) is 0 Å². The molecule has 0 aliphatic carbocycles. The van der Waals surface area contributed by atoms with E-state index in [4.69, 9.17) is 9.47 Å². The van der Waals surface area contributed by atoms with Crippen molar-refractivity contribution in [2.45, 2.75) is 59.3 Å². The van der Waals surface area contributed by atoms with Crippen LogP contribution in [0.25, 0.3) is 0 Å². The molecular weight excluding hydrogens is 280 g/mol. The number of phenols is 1. The number of ether oxygens (including phenoxy) is 2. The van der Waals surface area contributed by atoms with Crippen LogP contribution in [-0.4, -0.2) is 24.1 Å². The largest absolute Gasteiger partial charge is 0.507 e. The predicted octanol–water partition coefficient (Wildman–Crippen LogP) is 4.73. The summed E-state index contributed by atoms with van der Waals surface area (Å²) in [7, 11) is 0. The van der Waals surface area contributed by atoms with Gasteiger partial charge in [-0.15, -0.1) is 0 Å².